The third kappa shape index (κ3) is 3.95. The Labute approximate surface area is 121 Å². The lowest BCUT2D eigenvalue weighted by Crippen LogP contribution is -2.31. The molecule has 0 atom stereocenters. The molecule has 1 N–H and O–H groups in total. The summed E-state index contributed by atoms with van der Waals surface area (Å²) < 4.78 is 0.674. The van der Waals surface area contributed by atoms with Crippen LogP contribution >= 0.6 is 27.5 Å². The van der Waals surface area contributed by atoms with Crippen molar-refractivity contribution in [2.24, 2.45) is 17.8 Å². The fourth-order valence-corrected chi connectivity index (χ4v) is 2.54. The van der Waals surface area contributed by atoms with Crippen LogP contribution in [0, 0.1) is 17.8 Å². The molecular weight excluding hydrogens is 316 g/mol. The van der Waals surface area contributed by atoms with Crippen molar-refractivity contribution < 1.29 is 4.79 Å². The molecular formula is C13H18BrClN2O. The van der Waals surface area contributed by atoms with Crippen molar-refractivity contribution in [3.8, 4) is 0 Å². The molecule has 3 nitrogen and oxygen atoms in total. The summed E-state index contributed by atoms with van der Waals surface area (Å²) in [6.07, 6.45) is 1.56. The minimum absolute atomic E-state index is 0.0144. The molecule has 0 aliphatic heterocycles. The zero-order valence-electron chi connectivity index (χ0n) is 11.0. The molecule has 0 bridgehead atoms. The van der Waals surface area contributed by atoms with E-state index >= 15 is 0 Å². The van der Waals surface area contributed by atoms with Crippen LogP contribution in [-0.4, -0.2) is 10.9 Å². The number of pyridine rings is 1. The smallest absolute Gasteiger partial charge is 0.228 e. The zero-order chi connectivity index (χ0) is 13.9. The van der Waals surface area contributed by atoms with E-state index in [-0.39, 0.29) is 11.8 Å². The predicted octanol–water partition coefficient (Wildman–Crippen LogP) is 4.36. The largest absolute Gasteiger partial charge is 0.324 e. The van der Waals surface area contributed by atoms with Crippen molar-refractivity contribution in [1.29, 1.82) is 0 Å². The standard InChI is InChI=1S/C13H18BrClN2O/c1-7(2)11(8(3)4)13(18)17-9-5-10(14)12(15)16-6-9/h5-8,11H,1-4H3,(H,17,18). The normalized spacial score (nSPS) is 11.4. The van der Waals surface area contributed by atoms with Crippen LogP contribution in [-0.2, 0) is 4.79 Å². The highest BCUT2D eigenvalue weighted by molar-refractivity contribution is 9.10. The van der Waals surface area contributed by atoms with Gasteiger partial charge in [0.25, 0.3) is 0 Å². The fourth-order valence-electron chi connectivity index (χ4n) is 2.09. The fraction of sp³-hybridized carbons (Fsp3) is 0.538. The van der Waals surface area contributed by atoms with Crippen LogP contribution < -0.4 is 5.32 Å². The average molecular weight is 334 g/mol. The first kappa shape index (κ1) is 15.4. The van der Waals surface area contributed by atoms with Gasteiger partial charge in [-0.1, -0.05) is 39.3 Å². The number of nitrogens with zero attached hydrogens (tertiary/aromatic N) is 1. The minimum atomic E-state index is -0.0144. The maximum absolute atomic E-state index is 12.2. The number of halogens is 2. The second-order valence-corrected chi connectivity index (χ2v) is 6.21. The highest BCUT2D eigenvalue weighted by Gasteiger charge is 2.25. The van der Waals surface area contributed by atoms with E-state index in [1.165, 1.54) is 0 Å². The number of carbonyl (C=O) groups is 1. The molecule has 0 radical (unpaired) electrons. The third-order valence-corrected chi connectivity index (χ3v) is 3.94. The molecule has 18 heavy (non-hydrogen) atoms. The van der Waals surface area contributed by atoms with Gasteiger partial charge < -0.3 is 5.32 Å². The van der Waals surface area contributed by atoms with Gasteiger partial charge in [0, 0.05) is 5.92 Å². The molecule has 100 valence electrons. The molecule has 0 spiro atoms. The first-order valence-electron chi connectivity index (χ1n) is 5.94. The van der Waals surface area contributed by atoms with Gasteiger partial charge in [0.2, 0.25) is 5.91 Å². The van der Waals surface area contributed by atoms with Gasteiger partial charge in [0.1, 0.15) is 5.15 Å². The number of hydrogen-bond acceptors (Lipinski definition) is 2. The van der Waals surface area contributed by atoms with Gasteiger partial charge in [-0.05, 0) is 33.8 Å². The van der Waals surface area contributed by atoms with E-state index in [4.69, 9.17) is 11.6 Å². The third-order valence-electron chi connectivity index (χ3n) is 2.80. The number of anilines is 1. The van der Waals surface area contributed by atoms with Gasteiger partial charge in [-0.25, -0.2) is 4.98 Å². The van der Waals surface area contributed by atoms with Crippen LogP contribution in [0.4, 0.5) is 5.69 Å². The number of rotatable bonds is 4. The average Bonchev–Trinajstić information content (AvgIpc) is 2.22. The summed E-state index contributed by atoms with van der Waals surface area (Å²) in [6, 6.07) is 1.75. The van der Waals surface area contributed by atoms with Gasteiger partial charge in [0.15, 0.2) is 0 Å². The van der Waals surface area contributed by atoms with Crippen LogP contribution in [0.5, 0.6) is 0 Å². The molecule has 0 aromatic carbocycles. The molecule has 0 saturated heterocycles. The van der Waals surface area contributed by atoms with Crippen molar-refractivity contribution in [2.45, 2.75) is 27.7 Å². The van der Waals surface area contributed by atoms with E-state index in [1.54, 1.807) is 12.3 Å². The molecule has 1 aromatic rings. The van der Waals surface area contributed by atoms with Crippen LogP contribution in [0.25, 0.3) is 0 Å². The molecule has 0 unspecified atom stereocenters. The monoisotopic (exact) mass is 332 g/mol. The highest BCUT2D eigenvalue weighted by atomic mass is 79.9. The van der Waals surface area contributed by atoms with Crippen molar-refractivity contribution in [3.63, 3.8) is 0 Å². The van der Waals surface area contributed by atoms with Crippen molar-refractivity contribution >= 4 is 39.1 Å². The number of carbonyl (C=O) groups excluding carboxylic acids is 1. The molecule has 0 aliphatic carbocycles. The number of aromatic nitrogens is 1. The van der Waals surface area contributed by atoms with Crippen LogP contribution in [0.2, 0.25) is 5.15 Å². The topological polar surface area (TPSA) is 42.0 Å². The summed E-state index contributed by atoms with van der Waals surface area (Å²) in [6.45, 7) is 8.22. The van der Waals surface area contributed by atoms with Crippen LogP contribution in [0.1, 0.15) is 27.7 Å². The van der Waals surface area contributed by atoms with Gasteiger partial charge in [-0.2, -0.15) is 0 Å². The molecule has 0 saturated carbocycles. The van der Waals surface area contributed by atoms with E-state index < -0.39 is 0 Å². The molecule has 5 heteroatoms. The quantitative estimate of drug-likeness (QED) is 0.832. The lowest BCUT2D eigenvalue weighted by molar-refractivity contribution is -0.122. The first-order chi connectivity index (χ1) is 8.32. The summed E-state index contributed by atoms with van der Waals surface area (Å²) in [5.41, 5.74) is 0.655. The van der Waals surface area contributed by atoms with E-state index in [9.17, 15) is 4.79 Å². The van der Waals surface area contributed by atoms with E-state index in [2.05, 4.69) is 53.9 Å². The molecule has 1 amide bonds. The first-order valence-corrected chi connectivity index (χ1v) is 7.12. The van der Waals surface area contributed by atoms with Crippen molar-refractivity contribution in [1.82, 2.24) is 4.98 Å². The Bertz CT molecular complexity index is 427. The number of amides is 1. The summed E-state index contributed by atoms with van der Waals surface area (Å²) in [5, 5.41) is 3.27. The van der Waals surface area contributed by atoms with Gasteiger partial charge >= 0.3 is 0 Å². The Morgan fingerprint density at radius 2 is 1.89 bits per heavy atom. The SMILES string of the molecule is CC(C)C(C(=O)Nc1cnc(Cl)c(Br)c1)C(C)C. The second-order valence-electron chi connectivity index (χ2n) is 5.00. The predicted molar refractivity (Wildman–Crippen MR) is 78.7 cm³/mol. The van der Waals surface area contributed by atoms with E-state index in [0.717, 1.165) is 0 Å². The molecule has 0 aliphatic rings. The molecule has 1 aromatic heterocycles. The summed E-state index contributed by atoms with van der Waals surface area (Å²) in [4.78, 5) is 16.2. The molecule has 1 heterocycles. The van der Waals surface area contributed by atoms with Gasteiger partial charge in [-0.3, -0.25) is 4.79 Å². The van der Waals surface area contributed by atoms with Crippen LogP contribution in [0.3, 0.4) is 0 Å². The number of nitrogens with one attached hydrogen (secondary N) is 1. The number of hydrogen-bond donors (Lipinski definition) is 1. The highest BCUT2D eigenvalue weighted by Crippen LogP contribution is 2.25. The minimum Gasteiger partial charge on any atom is -0.324 e. The Balaban J connectivity index is 2.82. The van der Waals surface area contributed by atoms with Crippen molar-refractivity contribution in [3.05, 3.63) is 21.9 Å². The summed E-state index contributed by atoms with van der Waals surface area (Å²) in [5.74, 6) is 0.609. The van der Waals surface area contributed by atoms with Crippen LogP contribution in [0.15, 0.2) is 16.7 Å². The maximum atomic E-state index is 12.2. The Kier molecular flexibility index (Phi) is 5.60. The van der Waals surface area contributed by atoms with E-state index in [0.29, 0.717) is 27.1 Å². The summed E-state index contributed by atoms with van der Waals surface area (Å²) in [7, 11) is 0. The van der Waals surface area contributed by atoms with E-state index in [1.807, 2.05) is 0 Å². The maximum Gasteiger partial charge on any atom is 0.228 e. The lowest BCUT2D eigenvalue weighted by Gasteiger charge is -2.23. The summed E-state index contributed by atoms with van der Waals surface area (Å²) >= 11 is 9.10. The second kappa shape index (κ2) is 6.53. The Hall–Kier alpha value is -0.610. The molecule has 1 rings (SSSR count). The Morgan fingerprint density at radius 3 is 2.33 bits per heavy atom. The zero-order valence-corrected chi connectivity index (χ0v) is 13.3. The lowest BCUT2D eigenvalue weighted by atomic mass is 9.85. The van der Waals surface area contributed by atoms with Crippen molar-refractivity contribution in [2.75, 3.05) is 5.32 Å². The van der Waals surface area contributed by atoms with Gasteiger partial charge in [0.05, 0.1) is 16.4 Å². The van der Waals surface area contributed by atoms with Gasteiger partial charge in [-0.15, -0.1) is 0 Å². The Morgan fingerprint density at radius 1 is 1.33 bits per heavy atom. The molecule has 0 fully saturated rings.